The Kier molecular flexibility index (Phi) is 6.48. The van der Waals surface area contributed by atoms with Gasteiger partial charge in [-0.1, -0.05) is 53.8 Å². The van der Waals surface area contributed by atoms with E-state index in [0.29, 0.717) is 28.6 Å². The molecule has 0 aromatic heterocycles. The molecule has 2 saturated heterocycles. The molecule has 4 nitrogen and oxygen atoms in total. The number of aryl methyl sites for hydroxylation is 1. The predicted octanol–water partition coefficient (Wildman–Crippen LogP) is 3.99. The van der Waals surface area contributed by atoms with Crippen LogP contribution in [0.2, 0.25) is 0 Å². The van der Waals surface area contributed by atoms with Gasteiger partial charge in [-0.2, -0.15) is 0 Å². The van der Waals surface area contributed by atoms with Crippen molar-refractivity contribution in [2.24, 2.45) is 0 Å². The number of carbonyl (C=O) groups is 2. The number of thiocarbonyl (C=S) groups is 1. The highest BCUT2D eigenvalue weighted by Crippen LogP contribution is 2.32. The lowest BCUT2D eigenvalue weighted by molar-refractivity contribution is -0.132. The third-order valence-electron chi connectivity index (χ3n) is 4.73. The van der Waals surface area contributed by atoms with Gasteiger partial charge >= 0.3 is 0 Å². The lowest BCUT2D eigenvalue weighted by Crippen LogP contribution is -2.36. The minimum absolute atomic E-state index is 0.0500. The molecule has 1 aromatic carbocycles. The van der Waals surface area contributed by atoms with Crippen LogP contribution in [0.25, 0.3) is 6.08 Å². The number of piperidine rings is 1. The first-order valence-corrected chi connectivity index (χ1v) is 10.4. The van der Waals surface area contributed by atoms with Gasteiger partial charge in [0.25, 0.3) is 5.91 Å². The Balaban J connectivity index is 1.53. The van der Waals surface area contributed by atoms with Crippen LogP contribution in [0.3, 0.4) is 0 Å². The number of nitrogens with zero attached hydrogens (tertiary/aromatic N) is 2. The van der Waals surface area contributed by atoms with Gasteiger partial charge in [0.15, 0.2) is 0 Å². The first kappa shape index (κ1) is 19.1. The second-order valence-corrected chi connectivity index (χ2v) is 8.46. The van der Waals surface area contributed by atoms with Crippen LogP contribution in [0.15, 0.2) is 29.2 Å². The Morgan fingerprint density at radius 1 is 1.19 bits per heavy atom. The first-order valence-electron chi connectivity index (χ1n) is 9.14. The van der Waals surface area contributed by atoms with Gasteiger partial charge in [0, 0.05) is 26.1 Å². The van der Waals surface area contributed by atoms with E-state index in [1.807, 2.05) is 42.2 Å². The van der Waals surface area contributed by atoms with E-state index in [9.17, 15) is 9.59 Å². The lowest BCUT2D eigenvalue weighted by Gasteiger charge is -2.27. The fourth-order valence-electron chi connectivity index (χ4n) is 3.20. The van der Waals surface area contributed by atoms with E-state index in [0.717, 1.165) is 31.5 Å². The van der Waals surface area contributed by atoms with Crippen LogP contribution in [0.4, 0.5) is 0 Å². The number of thioether (sulfide) groups is 1. The lowest BCUT2D eigenvalue weighted by atomic mass is 10.1. The molecule has 0 spiro atoms. The Morgan fingerprint density at radius 2 is 1.88 bits per heavy atom. The summed E-state index contributed by atoms with van der Waals surface area (Å²) in [5, 5.41) is 0. The normalized spacial score (nSPS) is 19.5. The number of hydrogen-bond donors (Lipinski definition) is 0. The highest BCUT2D eigenvalue weighted by atomic mass is 32.2. The average molecular weight is 389 g/mol. The SMILES string of the molecule is Cc1ccc(/C=C2\SC(=S)N(CCCC(=O)N3CCCCC3)C2=O)cc1. The van der Waals surface area contributed by atoms with Crippen molar-refractivity contribution in [3.8, 4) is 0 Å². The van der Waals surface area contributed by atoms with Crippen molar-refractivity contribution in [2.45, 2.75) is 39.0 Å². The van der Waals surface area contributed by atoms with Gasteiger partial charge in [-0.25, -0.2) is 0 Å². The molecule has 0 unspecified atom stereocenters. The summed E-state index contributed by atoms with van der Waals surface area (Å²) in [5.41, 5.74) is 2.18. The largest absolute Gasteiger partial charge is 0.343 e. The summed E-state index contributed by atoms with van der Waals surface area (Å²) < 4.78 is 0.582. The van der Waals surface area contributed by atoms with Crippen LogP contribution in [-0.2, 0) is 9.59 Å². The van der Waals surface area contributed by atoms with E-state index in [1.165, 1.54) is 23.7 Å². The number of amides is 2. The molecule has 138 valence electrons. The maximum Gasteiger partial charge on any atom is 0.266 e. The van der Waals surface area contributed by atoms with Crippen LogP contribution >= 0.6 is 24.0 Å². The fourth-order valence-corrected chi connectivity index (χ4v) is 4.51. The van der Waals surface area contributed by atoms with E-state index in [1.54, 1.807) is 4.90 Å². The first-order chi connectivity index (χ1) is 12.5. The summed E-state index contributed by atoms with van der Waals surface area (Å²) in [7, 11) is 0. The zero-order valence-corrected chi connectivity index (χ0v) is 16.7. The van der Waals surface area contributed by atoms with Crippen LogP contribution in [0.5, 0.6) is 0 Å². The Labute approximate surface area is 164 Å². The maximum atomic E-state index is 12.6. The zero-order valence-electron chi connectivity index (χ0n) is 15.1. The van der Waals surface area contributed by atoms with E-state index in [-0.39, 0.29) is 11.8 Å². The van der Waals surface area contributed by atoms with E-state index in [2.05, 4.69) is 0 Å². The number of hydrogen-bond acceptors (Lipinski definition) is 4. The molecule has 1 aromatic rings. The summed E-state index contributed by atoms with van der Waals surface area (Å²) in [6.07, 6.45) is 6.44. The van der Waals surface area contributed by atoms with Crippen molar-refractivity contribution in [3.63, 3.8) is 0 Å². The molecule has 26 heavy (non-hydrogen) atoms. The molecular formula is C20H24N2O2S2. The number of benzene rings is 1. The van der Waals surface area contributed by atoms with E-state index >= 15 is 0 Å². The molecule has 0 N–H and O–H groups in total. The van der Waals surface area contributed by atoms with Gasteiger partial charge in [-0.3, -0.25) is 14.5 Å². The molecule has 0 aliphatic carbocycles. The molecule has 0 saturated carbocycles. The predicted molar refractivity (Wildman–Crippen MR) is 111 cm³/mol. The molecule has 3 rings (SSSR count). The van der Waals surface area contributed by atoms with Crippen LogP contribution in [0.1, 0.15) is 43.2 Å². The van der Waals surface area contributed by atoms with Crippen LogP contribution in [0, 0.1) is 6.92 Å². The maximum absolute atomic E-state index is 12.6. The van der Waals surface area contributed by atoms with Gasteiger partial charge in [0.2, 0.25) is 5.91 Å². The van der Waals surface area contributed by atoms with Gasteiger partial charge in [0.05, 0.1) is 4.91 Å². The molecule has 0 bridgehead atoms. The quantitative estimate of drug-likeness (QED) is 0.565. The second-order valence-electron chi connectivity index (χ2n) is 6.79. The summed E-state index contributed by atoms with van der Waals surface area (Å²) in [4.78, 5) is 29.1. The van der Waals surface area contributed by atoms with Crippen molar-refractivity contribution in [1.82, 2.24) is 9.80 Å². The third kappa shape index (κ3) is 4.74. The molecule has 2 fully saturated rings. The van der Waals surface area contributed by atoms with Crippen LogP contribution in [-0.4, -0.2) is 45.6 Å². The molecule has 0 radical (unpaired) electrons. The van der Waals surface area contributed by atoms with Crippen molar-refractivity contribution < 1.29 is 9.59 Å². The zero-order chi connectivity index (χ0) is 18.5. The van der Waals surface area contributed by atoms with Gasteiger partial charge < -0.3 is 4.90 Å². The Bertz CT molecular complexity index is 722. The van der Waals surface area contributed by atoms with Crippen molar-refractivity contribution in [2.75, 3.05) is 19.6 Å². The fraction of sp³-hybridized carbons (Fsp3) is 0.450. The standard InChI is InChI=1S/C20H24N2O2S2/c1-15-7-9-16(10-8-15)14-17-19(24)22(20(25)26-17)13-5-6-18(23)21-11-3-2-4-12-21/h7-10,14H,2-6,11-13H2,1H3/b17-14-. The smallest absolute Gasteiger partial charge is 0.266 e. The van der Waals surface area contributed by atoms with Gasteiger partial charge in [-0.05, 0) is 44.2 Å². The highest BCUT2D eigenvalue weighted by Gasteiger charge is 2.31. The summed E-state index contributed by atoms with van der Waals surface area (Å²) in [6, 6.07) is 8.05. The van der Waals surface area contributed by atoms with Crippen molar-refractivity contribution in [1.29, 1.82) is 0 Å². The second kappa shape index (κ2) is 8.82. The summed E-state index contributed by atoms with van der Waals surface area (Å²) in [5.74, 6) is 0.149. The molecule has 2 aliphatic rings. The number of rotatable bonds is 5. The minimum Gasteiger partial charge on any atom is -0.343 e. The van der Waals surface area contributed by atoms with Crippen molar-refractivity contribution in [3.05, 3.63) is 40.3 Å². The Morgan fingerprint density at radius 3 is 2.58 bits per heavy atom. The summed E-state index contributed by atoms with van der Waals surface area (Å²) >= 11 is 6.71. The molecular weight excluding hydrogens is 364 g/mol. The molecule has 2 aliphatic heterocycles. The van der Waals surface area contributed by atoms with E-state index < -0.39 is 0 Å². The molecule has 2 heterocycles. The minimum atomic E-state index is -0.0500. The van der Waals surface area contributed by atoms with Gasteiger partial charge in [-0.15, -0.1) is 0 Å². The molecule has 6 heteroatoms. The molecule has 0 atom stereocenters. The number of carbonyl (C=O) groups excluding carboxylic acids is 2. The summed E-state index contributed by atoms with van der Waals surface area (Å²) in [6.45, 7) is 4.29. The monoisotopic (exact) mass is 388 g/mol. The highest BCUT2D eigenvalue weighted by molar-refractivity contribution is 8.26. The topological polar surface area (TPSA) is 40.6 Å². The average Bonchev–Trinajstić information content (AvgIpc) is 2.91. The van der Waals surface area contributed by atoms with E-state index in [4.69, 9.17) is 12.2 Å². The van der Waals surface area contributed by atoms with Crippen molar-refractivity contribution >= 4 is 46.2 Å². The third-order valence-corrected chi connectivity index (χ3v) is 6.11. The van der Waals surface area contributed by atoms with Gasteiger partial charge in [0.1, 0.15) is 4.32 Å². The molecule has 2 amide bonds. The van der Waals surface area contributed by atoms with Crippen LogP contribution < -0.4 is 0 Å². The Hall–Kier alpha value is -1.66. The number of likely N-dealkylation sites (tertiary alicyclic amines) is 1.